The molecule has 0 aliphatic heterocycles. The van der Waals surface area contributed by atoms with Crippen molar-refractivity contribution in [1.82, 2.24) is 4.90 Å². The molecule has 19 heavy (non-hydrogen) atoms. The van der Waals surface area contributed by atoms with E-state index < -0.39 is 0 Å². The molecular weight excluding hydrogens is 240 g/mol. The summed E-state index contributed by atoms with van der Waals surface area (Å²) in [5, 5.41) is 0. The summed E-state index contributed by atoms with van der Waals surface area (Å²) in [6, 6.07) is 6.11. The summed E-state index contributed by atoms with van der Waals surface area (Å²) in [7, 11) is 3.34. The maximum atomic E-state index is 5.98. The van der Waals surface area contributed by atoms with Crippen LogP contribution in [0.1, 0.15) is 31.9 Å². The van der Waals surface area contributed by atoms with E-state index >= 15 is 0 Å². The van der Waals surface area contributed by atoms with Crippen molar-refractivity contribution in [1.29, 1.82) is 0 Å². The zero-order chi connectivity index (χ0) is 14.3. The van der Waals surface area contributed by atoms with Gasteiger partial charge in [-0.05, 0) is 25.6 Å². The van der Waals surface area contributed by atoms with Crippen molar-refractivity contribution in [3.8, 4) is 11.5 Å². The first-order chi connectivity index (χ1) is 9.21. The summed E-state index contributed by atoms with van der Waals surface area (Å²) in [4.78, 5) is 2.38. The SMILES string of the molecule is CCCN(CC)C(CN)c1ccc(OC)cc1OC. The Morgan fingerprint density at radius 1 is 1.21 bits per heavy atom. The van der Waals surface area contributed by atoms with Crippen LogP contribution in [0.4, 0.5) is 0 Å². The van der Waals surface area contributed by atoms with E-state index in [1.54, 1.807) is 14.2 Å². The largest absolute Gasteiger partial charge is 0.497 e. The fraction of sp³-hybridized carbons (Fsp3) is 0.600. The molecule has 0 heterocycles. The average Bonchev–Trinajstić information content (AvgIpc) is 2.47. The third-order valence-corrected chi connectivity index (χ3v) is 3.38. The highest BCUT2D eigenvalue weighted by molar-refractivity contribution is 5.42. The molecule has 1 unspecified atom stereocenters. The molecular formula is C15H26N2O2. The first kappa shape index (κ1) is 15.8. The first-order valence-electron chi connectivity index (χ1n) is 6.87. The molecule has 0 aliphatic rings. The number of benzene rings is 1. The lowest BCUT2D eigenvalue weighted by Gasteiger charge is -2.30. The van der Waals surface area contributed by atoms with Crippen molar-refractivity contribution in [3.63, 3.8) is 0 Å². The number of likely N-dealkylation sites (N-methyl/N-ethyl adjacent to an activating group) is 1. The number of hydrogen-bond donors (Lipinski definition) is 1. The van der Waals surface area contributed by atoms with Crippen molar-refractivity contribution >= 4 is 0 Å². The van der Waals surface area contributed by atoms with E-state index in [1.807, 2.05) is 18.2 Å². The van der Waals surface area contributed by atoms with Crippen molar-refractivity contribution < 1.29 is 9.47 Å². The van der Waals surface area contributed by atoms with Crippen LogP contribution in [0.5, 0.6) is 11.5 Å². The van der Waals surface area contributed by atoms with Gasteiger partial charge in [-0.3, -0.25) is 4.90 Å². The second kappa shape index (κ2) is 8.02. The van der Waals surface area contributed by atoms with Gasteiger partial charge in [0.25, 0.3) is 0 Å². The molecule has 0 radical (unpaired) electrons. The number of rotatable bonds is 8. The molecule has 4 heteroatoms. The second-order valence-corrected chi connectivity index (χ2v) is 4.49. The minimum absolute atomic E-state index is 0.186. The predicted octanol–water partition coefficient (Wildman–Crippen LogP) is 2.44. The summed E-state index contributed by atoms with van der Waals surface area (Å²) in [5.74, 6) is 1.64. The summed E-state index contributed by atoms with van der Waals surface area (Å²) >= 11 is 0. The van der Waals surface area contributed by atoms with E-state index in [0.717, 1.165) is 36.6 Å². The van der Waals surface area contributed by atoms with E-state index in [0.29, 0.717) is 6.54 Å². The second-order valence-electron chi connectivity index (χ2n) is 4.49. The molecule has 1 aromatic rings. The Bertz CT molecular complexity index is 382. The Morgan fingerprint density at radius 2 is 1.95 bits per heavy atom. The summed E-state index contributed by atoms with van der Waals surface area (Å²) < 4.78 is 10.7. The fourth-order valence-corrected chi connectivity index (χ4v) is 2.39. The van der Waals surface area contributed by atoms with Gasteiger partial charge in [0, 0.05) is 18.2 Å². The molecule has 0 fully saturated rings. The predicted molar refractivity (Wildman–Crippen MR) is 78.9 cm³/mol. The molecule has 0 aromatic heterocycles. The molecule has 4 nitrogen and oxygen atoms in total. The van der Waals surface area contributed by atoms with Crippen LogP contribution < -0.4 is 15.2 Å². The molecule has 2 N–H and O–H groups in total. The van der Waals surface area contributed by atoms with Crippen LogP contribution in [-0.2, 0) is 0 Å². The van der Waals surface area contributed by atoms with Gasteiger partial charge in [-0.2, -0.15) is 0 Å². The van der Waals surface area contributed by atoms with Crippen LogP contribution >= 0.6 is 0 Å². The topological polar surface area (TPSA) is 47.7 Å². The Morgan fingerprint density at radius 3 is 2.42 bits per heavy atom. The molecule has 0 saturated heterocycles. The molecule has 0 aliphatic carbocycles. The third-order valence-electron chi connectivity index (χ3n) is 3.38. The van der Waals surface area contributed by atoms with E-state index in [9.17, 15) is 0 Å². The Hall–Kier alpha value is -1.26. The molecule has 0 saturated carbocycles. The number of ether oxygens (including phenoxy) is 2. The van der Waals surface area contributed by atoms with Crippen molar-refractivity contribution in [3.05, 3.63) is 23.8 Å². The highest BCUT2D eigenvalue weighted by Crippen LogP contribution is 2.32. The van der Waals surface area contributed by atoms with E-state index in [2.05, 4.69) is 18.7 Å². The normalized spacial score (nSPS) is 12.5. The van der Waals surface area contributed by atoms with Gasteiger partial charge in [-0.1, -0.05) is 19.9 Å². The molecule has 0 amide bonds. The average molecular weight is 266 g/mol. The lowest BCUT2D eigenvalue weighted by Crippen LogP contribution is -2.34. The van der Waals surface area contributed by atoms with Crippen LogP contribution in [0.15, 0.2) is 18.2 Å². The Balaban J connectivity index is 3.09. The van der Waals surface area contributed by atoms with Crippen LogP contribution in [0, 0.1) is 0 Å². The Kier molecular flexibility index (Phi) is 6.67. The van der Waals surface area contributed by atoms with Gasteiger partial charge in [0.1, 0.15) is 11.5 Å². The molecule has 0 bridgehead atoms. The third kappa shape index (κ3) is 3.85. The smallest absolute Gasteiger partial charge is 0.127 e. The minimum atomic E-state index is 0.186. The summed E-state index contributed by atoms with van der Waals surface area (Å²) in [5.41, 5.74) is 7.10. The Labute approximate surface area is 116 Å². The summed E-state index contributed by atoms with van der Waals surface area (Å²) in [6.45, 7) is 6.94. The van der Waals surface area contributed by atoms with Crippen LogP contribution in [-0.4, -0.2) is 38.8 Å². The highest BCUT2D eigenvalue weighted by atomic mass is 16.5. The minimum Gasteiger partial charge on any atom is -0.497 e. The summed E-state index contributed by atoms with van der Waals surface area (Å²) in [6.07, 6.45) is 1.11. The molecule has 1 rings (SSSR count). The first-order valence-corrected chi connectivity index (χ1v) is 6.87. The van der Waals surface area contributed by atoms with Crippen LogP contribution in [0.3, 0.4) is 0 Å². The lowest BCUT2D eigenvalue weighted by atomic mass is 10.0. The van der Waals surface area contributed by atoms with Crippen LogP contribution in [0.2, 0.25) is 0 Å². The molecule has 108 valence electrons. The van der Waals surface area contributed by atoms with Gasteiger partial charge in [0.05, 0.1) is 20.3 Å². The van der Waals surface area contributed by atoms with Crippen molar-refractivity contribution in [2.75, 3.05) is 33.9 Å². The fourth-order valence-electron chi connectivity index (χ4n) is 2.39. The van der Waals surface area contributed by atoms with Gasteiger partial charge in [-0.25, -0.2) is 0 Å². The van der Waals surface area contributed by atoms with E-state index in [1.165, 1.54) is 0 Å². The van der Waals surface area contributed by atoms with Gasteiger partial charge in [0.15, 0.2) is 0 Å². The van der Waals surface area contributed by atoms with Crippen molar-refractivity contribution in [2.24, 2.45) is 5.73 Å². The number of hydrogen-bond acceptors (Lipinski definition) is 4. The number of nitrogens with zero attached hydrogens (tertiary/aromatic N) is 1. The lowest BCUT2D eigenvalue weighted by molar-refractivity contribution is 0.208. The number of methoxy groups -OCH3 is 2. The van der Waals surface area contributed by atoms with Gasteiger partial charge < -0.3 is 15.2 Å². The monoisotopic (exact) mass is 266 g/mol. The quantitative estimate of drug-likeness (QED) is 0.785. The molecule has 1 aromatic carbocycles. The maximum Gasteiger partial charge on any atom is 0.127 e. The van der Waals surface area contributed by atoms with Crippen molar-refractivity contribution in [2.45, 2.75) is 26.3 Å². The maximum absolute atomic E-state index is 5.98. The zero-order valence-corrected chi connectivity index (χ0v) is 12.5. The number of nitrogens with two attached hydrogens (primary N) is 1. The van der Waals surface area contributed by atoms with Gasteiger partial charge in [0.2, 0.25) is 0 Å². The zero-order valence-electron chi connectivity index (χ0n) is 12.5. The van der Waals surface area contributed by atoms with E-state index in [-0.39, 0.29) is 6.04 Å². The highest BCUT2D eigenvalue weighted by Gasteiger charge is 2.20. The molecule has 1 atom stereocenters. The van der Waals surface area contributed by atoms with Gasteiger partial charge >= 0.3 is 0 Å². The van der Waals surface area contributed by atoms with Crippen LogP contribution in [0.25, 0.3) is 0 Å². The standard InChI is InChI=1S/C15H26N2O2/c1-5-9-17(6-2)14(11-16)13-8-7-12(18-3)10-15(13)19-4/h7-8,10,14H,5-6,9,11,16H2,1-4H3. The van der Waals surface area contributed by atoms with E-state index in [4.69, 9.17) is 15.2 Å². The molecule has 0 spiro atoms. The van der Waals surface area contributed by atoms with Gasteiger partial charge in [-0.15, -0.1) is 0 Å².